The van der Waals surface area contributed by atoms with Gasteiger partial charge in [0.25, 0.3) is 8.32 Å². The van der Waals surface area contributed by atoms with Crippen molar-refractivity contribution in [1.82, 2.24) is 19.9 Å². The van der Waals surface area contributed by atoms with Gasteiger partial charge in [-0.15, -0.1) is 0 Å². The van der Waals surface area contributed by atoms with E-state index < -0.39 is 8.32 Å². The predicted octanol–water partition coefficient (Wildman–Crippen LogP) is 3.61. The first-order valence-corrected chi connectivity index (χ1v) is 12.8. The molecule has 156 valence electrons. The van der Waals surface area contributed by atoms with E-state index >= 15 is 0 Å². The molecule has 0 saturated carbocycles. The molecule has 8 nitrogen and oxygen atoms in total. The maximum atomic E-state index is 12.6. The van der Waals surface area contributed by atoms with Gasteiger partial charge in [0.05, 0.1) is 6.20 Å². The molecule has 2 aromatic heterocycles. The minimum absolute atomic E-state index is 0.118. The van der Waals surface area contributed by atoms with Gasteiger partial charge in [-0.25, -0.2) is 19.7 Å². The predicted molar refractivity (Wildman–Crippen MR) is 117 cm³/mol. The lowest BCUT2D eigenvalue weighted by atomic mass is 10.2. The molecule has 3 rings (SSSR count). The van der Waals surface area contributed by atoms with E-state index in [4.69, 9.17) is 4.43 Å². The van der Waals surface area contributed by atoms with Gasteiger partial charge in [0.1, 0.15) is 11.6 Å². The van der Waals surface area contributed by atoms with Gasteiger partial charge in [0.2, 0.25) is 5.95 Å². The Kier molecular flexibility index (Phi) is 6.06. The van der Waals surface area contributed by atoms with Gasteiger partial charge in [0, 0.05) is 38.6 Å². The average molecular weight is 415 g/mol. The Bertz CT molecular complexity index is 815. The first-order valence-electron chi connectivity index (χ1n) is 9.89. The molecular formula is C20H30N6O2Si. The number of hydrogen-bond donors (Lipinski definition) is 1. The Morgan fingerprint density at radius 2 is 1.72 bits per heavy atom. The van der Waals surface area contributed by atoms with Crippen molar-refractivity contribution < 1.29 is 9.22 Å². The van der Waals surface area contributed by atoms with Crippen LogP contribution in [-0.2, 0) is 0 Å². The molecule has 1 fully saturated rings. The van der Waals surface area contributed by atoms with Crippen LogP contribution < -0.4 is 14.6 Å². The fourth-order valence-electron chi connectivity index (χ4n) is 2.72. The second-order valence-electron chi connectivity index (χ2n) is 8.69. The fourth-order valence-corrected chi connectivity index (χ4v) is 3.73. The number of aromatic nitrogens is 3. The van der Waals surface area contributed by atoms with E-state index in [0.29, 0.717) is 37.9 Å². The third-order valence-corrected chi connectivity index (χ3v) is 9.91. The number of carbonyl (C=O) groups excluding carboxylic acids is 1. The van der Waals surface area contributed by atoms with Crippen LogP contribution in [0.15, 0.2) is 36.8 Å². The number of rotatable bonds is 4. The molecule has 1 aliphatic heterocycles. The summed E-state index contributed by atoms with van der Waals surface area (Å²) >= 11 is 0. The lowest BCUT2D eigenvalue weighted by Crippen LogP contribution is -2.50. The highest BCUT2D eigenvalue weighted by Crippen LogP contribution is 2.37. The molecule has 1 aliphatic rings. The van der Waals surface area contributed by atoms with E-state index in [-0.39, 0.29) is 11.1 Å². The van der Waals surface area contributed by atoms with Crippen LogP contribution in [0.5, 0.6) is 5.75 Å². The second-order valence-corrected chi connectivity index (χ2v) is 13.4. The van der Waals surface area contributed by atoms with Crippen molar-refractivity contribution in [3.05, 3.63) is 36.8 Å². The zero-order chi connectivity index (χ0) is 21.1. The lowest BCUT2D eigenvalue weighted by Gasteiger charge is -2.36. The summed E-state index contributed by atoms with van der Waals surface area (Å²) in [6.45, 7) is 13.6. The maximum absolute atomic E-state index is 12.6. The average Bonchev–Trinajstić information content (AvgIpc) is 2.69. The van der Waals surface area contributed by atoms with Crippen LogP contribution in [0.25, 0.3) is 0 Å². The smallest absolute Gasteiger partial charge is 0.323 e. The third-order valence-electron chi connectivity index (χ3n) is 5.55. The van der Waals surface area contributed by atoms with Crippen LogP contribution in [0.2, 0.25) is 18.1 Å². The monoisotopic (exact) mass is 414 g/mol. The highest BCUT2D eigenvalue weighted by molar-refractivity contribution is 6.74. The van der Waals surface area contributed by atoms with Crippen LogP contribution in [0, 0.1) is 0 Å². The van der Waals surface area contributed by atoms with Crippen molar-refractivity contribution in [2.45, 2.75) is 38.9 Å². The van der Waals surface area contributed by atoms with E-state index in [1.54, 1.807) is 35.6 Å². The van der Waals surface area contributed by atoms with Crippen molar-refractivity contribution in [2.75, 3.05) is 36.4 Å². The quantitative estimate of drug-likeness (QED) is 0.770. The van der Waals surface area contributed by atoms with Crippen molar-refractivity contribution in [3.63, 3.8) is 0 Å². The van der Waals surface area contributed by atoms with Crippen LogP contribution in [0.3, 0.4) is 0 Å². The maximum Gasteiger partial charge on any atom is 0.323 e. The van der Waals surface area contributed by atoms with Crippen LogP contribution in [-0.4, -0.2) is 60.4 Å². The molecule has 2 amide bonds. The summed E-state index contributed by atoms with van der Waals surface area (Å²) in [5, 5.41) is 2.99. The molecule has 1 N–H and O–H groups in total. The second kappa shape index (κ2) is 8.36. The van der Waals surface area contributed by atoms with Crippen LogP contribution >= 0.6 is 0 Å². The molecule has 0 aromatic carbocycles. The van der Waals surface area contributed by atoms with Crippen molar-refractivity contribution in [3.8, 4) is 5.75 Å². The molecule has 0 radical (unpaired) electrons. The zero-order valence-corrected chi connectivity index (χ0v) is 18.8. The summed E-state index contributed by atoms with van der Waals surface area (Å²) in [6, 6.07) is 5.30. The Balaban J connectivity index is 1.52. The molecular weight excluding hydrogens is 384 g/mol. The number of nitrogens with one attached hydrogen (secondary N) is 1. The van der Waals surface area contributed by atoms with Gasteiger partial charge >= 0.3 is 6.03 Å². The van der Waals surface area contributed by atoms with E-state index in [9.17, 15) is 4.79 Å². The standard InChI is InChI=1S/C20H30N6O2Si/c1-20(2,3)29(4,5)28-16-7-8-17(23-15-16)24-19(27)26-13-11-25(12-14-26)18-21-9-6-10-22-18/h6-10,15H,11-14H2,1-5H3,(H,23,24,27). The molecule has 9 heteroatoms. The molecule has 29 heavy (non-hydrogen) atoms. The Labute approximate surface area is 173 Å². The highest BCUT2D eigenvalue weighted by atomic mass is 28.4. The molecule has 0 spiro atoms. The number of nitrogens with zero attached hydrogens (tertiary/aromatic N) is 5. The van der Waals surface area contributed by atoms with E-state index in [0.717, 1.165) is 5.75 Å². The minimum atomic E-state index is -1.91. The molecule has 0 aliphatic carbocycles. The first-order chi connectivity index (χ1) is 13.7. The Hall–Kier alpha value is -2.68. The number of carbonyl (C=O) groups is 1. The summed E-state index contributed by atoms with van der Waals surface area (Å²) in [6.07, 6.45) is 5.14. The molecule has 3 heterocycles. The van der Waals surface area contributed by atoms with Gasteiger partial charge in [-0.2, -0.15) is 0 Å². The fraction of sp³-hybridized carbons (Fsp3) is 0.500. The molecule has 0 bridgehead atoms. The summed E-state index contributed by atoms with van der Waals surface area (Å²) in [7, 11) is -1.91. The Morgan fingerprint density at radius 3 is 2.28 bits per heavy atom. The normalized spacial score (nSPS) is 15.2. The number of anilines is 2. The SMILES string of the molecule is CC(C)(C)[Si](C)(C)Oc1ccc(NC(=O)N2CCN(c3ncccn3)CC2)nc1. The van der Waals surface area contributed by atoms with Crippen molar-refractivity contribution in [2.24, 2.45) is 0 Å². The van der Waals surface area contributed by atoms with Gasteiger partial charge in [0.15, 0.2) is 0 Å². The first kappa shape index (κ1) is 21.0. The largest absolute Gasteiger partial charge is 0.542 e. The minimum Gasteiger partial charge on any atom is -0.542 e. The number of piperazine rings is 1. The summed E-state index contributed by atoms with van der Waals surface area (Å²) in [4.78, 5) is 29.3. The zero-order valence-electron chi connectivity index (χ0n) is 17.8. The van der Waals surface area contributed by atoms with Crippen LogP contribution in [0.1, 0.15) is 20.8 Å². The summed E-state index contributed by atoms with van der Waals surface area (Å²) < 4.78 is 6.23. The van der Waals surface area contributed by atoms with E-state index in [1.165, 1.54) is 0 Å². The summed E-state index contributed by atoms with van der Waals surface area (Å²) in [5.41, 5.74) is 0. The Morgan fingerprint density at radius 1 is 1.07 bits per heavy atom. The van der Waals surface area contributed by atoms with E-state index in [2.05, 4.69) is 59.0 Å². The summed E-state index contributed by atoms with van der Waals surface area (Å²) in [5.74, 6) is 1.96. The van der Waals surface area contributed by atoms with E-state index in [1.807, 2.05) is 6.07 Å². The van der Waals surface area contributed by atoms with Gasteiger partial charge in [-0.05, 0) is 36.3 Å². The highest BCUT2D eigenvalue weighted by Gasteiger charge is 2.39. The topological polar surface area (TPSA) is 83.5 Å². The number of urea groups is 1. The van der Waals surface area contributed by atoms with Gasteiger partial charge in [-0.3, -0.25) is 5.32 Å². The van der Waals surface area contributed by atoms with Gasteiger partial charge < -0.3 is 14.2 Å². The lowest BCUT2D eigenvalue weighted by molar-refractivity contribution is 0.208. The molecule has 0 unspecified atom stereocenters. The van der Waals surface area contributed by atoms with Crippen molar-refractivity contribution >= 4 is 26.1 Å². The molecule has 1 saturated heterocycles. The van der Waals surface area contributed by atoms with Gasteiger partial charge in [-0.1, -0.05) is 20.8 Å². The van der Waals surface area contributed by atoms with Crippen LogP contribution in [0.4, 0.5) is 16.6 Å². The molecule has 0 atom stereocenters. The number of amides is 2. The third kappa shape index (κ3) is 5.23. The van der Waals surface area contributed by atoms with Crippen molar-refractivity contribution in [1.29, 1.82) is 0 Å². The molecule has 2 aromatic rings. The number of pyridine rings is 1. The number of hydrogen-bond acceptors (Lipinski definition) is 6.